The lowest BCUT2D eigenvalue weighted by molar-refractivity contribution is -0.132. The maximum absolute atomic E-state index is 12.5. The fourth-order valence-electron chi connectivity index (χ4n) is 3.20. The molecule has 3 rings (SSSR count). The molecule has 1 N–H and O–H groups in total. The van der Waals surface area contributed by atoms with Crippen LogP contribution in [-0.4, -0.2) is 43.9 Å². The number of hydrogen-bond donors (Lipinski definition) is 1. The lowest BCUT2D eigenvalue weighted by Gasteiger charge is -2.32. The van der Waals surface area contributed by atoms with E-state index in [2.05, 4.69) is 22.2 Å². The van der Waals surface area contributed by atoms with Crippen LogP contribution in [0.15, 0.2) is 18.5 Å². The number of piperidine rings is 1. The molecule has 3 heterocycles. The Morgan fingerprint density at radius 3 is 3.00 bits per heavy atom. The maximum Gasteiger partial charge on any atom is 0.224 e. The van der Waals surface area contributed by atoms with Crippen molar-refractivity contribution in [3.8, 4) is 0 Å². The Morgan fingerprint density at radius 2 is 2.32 bits per heavy atom. The van der Waals surface area contributed by atoms with Crippen molar-refractivity contribution in [3.63, 3.8) is 0 Å². The Kier molecular flexibility index (Phi) is 4.27. The zero-order valence-electron chi connectivity index (χ0n) is 13.2. The topological polar surface area (TPSA) is 66.8 Å². The van der Waals surface area contributed by atoms with Crippen molar-refractivity contribution < 1.29 is 4.79 Å². The minimum absolute atomic E-state index is 0.219. The number of hydrogen-bond acceptors (Lipinski definition) is 3. The van der Waals surface area contributed by atoms with Crippen molar-refractivity contribution >= 4 is 5.91 Å². The molecule has 2 aromatic rings. The molecule has 1 aliphatic heterocycles. The second kappa shape index (κ2) is 6.34. The SMILES string of the molecule is Cc1cn[nH]c1C1CCCN(C(=O)CCn2nccc2C)C1. The van der Waals surface area contributed by atoms with Gasteiger partial charge in [0, 0.05) is 49.6 Å². The molecule has 1 fully saturated rings. The number of nitrogens with zero attached hydrogens (tertiary/aromatic N) is 4. The van der Waals surface area contributed by atoms with E-state index < -0.39 is 0 Å². The molecule has 0 bridgehead atoms. The van der Waals surface area contributed by atoms with E-state index in [1.54, 1.807) is 6.20 Å². The van der Waals surface area contributed by atoms with Gasteiger partial charge >= 0.3 is 0 Å². The number of nitrogens with one attached hydrogen (secondary N) is 1. The van der Waals surface area contributed by atoms with E-state index in [-0.39, 0.29) is 5.91 Å². The van der Waals surface area contributed by atoms with Gasteiger partial charge < -0.3 is 4.90 Å². The van der Waals surface area contributed by atoms with Crippen LogP contribution in [0.4, 0.5) is 0 Å². The highest BCUT2D eigenvalue weighted by molar-refractivity contribution is 5.76. The number of aromatic amines is 1. The molecule has 0 aliphatic carbocycles. The van der Waals surface area contributed by atoms with Crippen LogP contribution in [0.2, 0.25) is 0 Å². The van der Waals surface area contributed by atoms with Crippen LogP contribution >= 0.6 is 0 Å². The van der Waals surface area contributed by atoms with Crippen LogP contribution in [-0.2, 0) is 11.3 Å². The predicted octanol–water partition coefficient (Wildman–Crippen LogP) is 2.02. The molecular weight excluding hydrogens is 278 g/mol. The molecule has 2 aromatic heterocycles. The molecule has 1 amide bonds. The summed E-state index contributed by atoms with van der Waals surface area (Å²) in [7, 11) is 0. The number of carbonyl (C=O) groups excluding carboxylic acids is 1. The van der Waals surface area contributed by atoms with Gasteiger partial charge in [0.25, 0.3) is 0 Å². The minimum Gasteiger partial charge on any atom is -0.342 e. The van der Waals surface area contributed by atoms with E-state index >= 15 is 0 Å². The van der Waals surface area contributed by atoms with Crippen LogP contribution in [0, 0.1) is 13.8 Å². The van der Waals surface area contributed by atoms with E-state index in [1.807, 2.05) is 28.8 Å². The smallest absolute Gasteiger partial charge is 0.224 e. The predicted molar refractivity (Wildman–Crippen MR) is 83.5 cm³/mol. The van der Waals surface area contributed by atoms with Crippen LogP contribution in [0.3, 0.4) is 0 Å². The third-order valence-corrected chi connectivity index (χ3v) is 4.52. The zero-order valence-corrected chi connectivity index (χ0v) is 13.2. The lowest BCUT2D eigenvalue weighted by Crippen LogP contribution is -2.39. The standard InChI is InChI=1S/C16H23N5O/c1-12-10-17-19-16(12)14-4-3-8-20(11-14)15(22)6-9-21-13(2)5-7-18-21/h5,7,10,14H,3-4,6,8-9,11H2,1-2H3,(H,17,19). The Morgan fingerprint density at radius 1 is 1.45 bits per heavy atom. The molecule has 0 aromatic carbocycles. The molecule has 6 heteroatoms. The van der Waals surface area contributed by atoms with E-state index in [1.165, 1.54) is 11.3 Å². The van der Waals surface area contributed by atoms with Gasteiger partial charge in [0.1, 0.15) is 0 Å². The van der Waals surface area contributed by atoms with E-state index in [0.29, 0.717) is 18.9 Å². The minimum atomic E-state index is 0.219. The van der Waals surface area contributed by atoms with Crippen LogP contribution < -0.4 is 0 Å². The van der Waals surface area contributed by atoms with Crippen molar-refractivity contribution in [3.05, 3.63) is 35.4 Å². The third kappa shape index (κ3) is 3.05. The quantitative estimate of drug-likeness (QED) is 0.939. The van der Waals surface area contributed by atoms with E-state index in [0.717, 1.165) is 31.6 Å². The monoisotopic (exact) mass is 301 g/mol. The molecule has 0 radical (unpaired) electrons. The van der Waals surface area contributed by atoms with Crippen molar-refractivity contribution in [1.82, 2.24) is 24.9 Å². The molecule has 118 valence electrons. The maximum atomic E-state index is 12.5. The number of carbonyl (C=O) groups is 1. The van der Waals surface area contributed by atoms with Crippen LogP contribution in [0.5, 0.6) is 0 Å². The van der Waals surface area contributed by atoms with Gasteiger partial charge in [-0.25, -0.2) is 0 Å². The fraction of sp³-hybridized carbons (Fsp3) is 0.562. The summed E-state index contributed by atoms with van der Waals surface area (Å²) in [5, 5.41) is 11.4. The molecule has 0 spiro atoms. The third-order valence-electron chi connectivity index (χ3n) is 4.52. The first-order chi connectivity index (χ1) is 10.6. The number of aromatic nitrogens is 4. The van der Waals surface area contributed by atoms with Gasteiger partial charge in [-0.15, -0.1) is 0 Å². The van der Waals surface area contributed by atoms with Gasteiger partial charge in [-0.1, -0.05) is 0 Å². The average Bonchev–Trinajstić information content (AvgIpc) is 3.13. The first kappa shape index (κ1) is 14.8. The van der Waals surface area contributed by atoms with Crippen molar-refractivity contribution in [1.29, 1.82) is 0 Å². The fourth-order valence-corrected chi connectivity index (χ4v) is 3.20. The zero-order chi connectivity index (χ0) is 15.5. The van der Waals surface area contributed by atoms with E-state index in [4.69, 9.17) is 0 Å². The van der Waals surface area contributed by atoms with Gasteiger partial charge in [0.2, 0.25) is 5.91 Å². The Hall–Kier alpha value is -2.11. The molecular formula is C16H23N5O. The molecule has 6 nitrogen and oxygen atoms in total. The molecule has 1 atom stereocenters. The summed E-state index contributed by atoms with van der Waals surface area (Å²) < 4.78 is 1.89. The Labute approximate surface area is 130 Å². The molecule has 1 saturated heterocycles. The molecule has 1 aliphatic rings. The van der Waals surface area contributed by atoms with Gasteiger partial charge in [0.15, 0.2) is 0 Å². The largest absolute Gasteiger partial charge is 0.342 e. The van der Waals surface area contributed by atoms with Gasteiger partial charge in [-0.05, 0) is 38.3 Å². The first-order valence-corrected chi connectivity index (χ1v) is 7.91. The van der Waals surface area contributed by atoms with Crippen LogP contribution in [0.1, 0.15) is 42.1 Å². The summed E-state index contributed by atoms with van der Waals surface area (Å²) in [6.45, 7) is 6.39. The van der Waals surface area contributed by atoms with E-state index in [9.17, 15) is 4.79 Å². The second-order valence-corrected chi connectivity index (χ2v) is 6.09. The number of likely N-dealkylation sites (tertiary alicyclic amines) is 1. The summed E-state index contributed by atoms with van der Waals surface area (Å²) in [6.07, 6.45) is 6.31. The highest BCUT2D eigenvalue weighted by Gasteiger charge is 2.26. The van der Waals surface area contributed by atoms with Gasteiger partial charge in [0.05, 0.1) is 6.20 Å². The summed E-state index contributed by atoms with van der Waals surface area (Å²) in [5.74, 6) is 0.600. The average molecular weight is 301 g/mol. The Balaban J connectivity index is 1.58. The highest BCUT2D eigenvalue weighted by atomic mass is 16.2. The number of H-pyrrole nitrogens is 1. The molecule has 1 unspecified atom stereocenters. The molecule has 0 saturated carbocycles. The van der Waals surface area contributed by atoms with Crippen molar-refractivity contribution in [2.24, 2.45) is 0 Å². The first-order valence-electron chi connectivity index (χ1n) is 7.91. The summed E-state index contributed by atoms with van der Waals surface area (Å²) in [5.41, 5.74) is 3.46. The Bertz CT molecular complexity index is 645. The van der Waals surface area contributed by atoms with Gasteiger partial charge in [-0.2, -0.15) is 10.2 Å². The summed E-state index contributed by atoms with van der Waals surface area (Å²) in [4.78, 5) is 14.5. The lowest BCUT2D eigenvalue weighted by atomic mass is 9.93. The van der Waals surface area contributed by atoms with Crippen molar-refractivity contribution in [2.45, 2.75) is 45.6 Å². The second-order valence-electron chi connectivity index (χ2n) is 6.09. The number of rotatable bonds is 4. The summed E-state index contributed by atoms with van der Waals surface area (Å²) >= 11 is 0. The normalized spacial score (nSPS) is 18.6. The van der Waals surface area contributed by atoms with Crippen LogP contribution in [0.25, 0.3) is 0 Å². The number of aryl methyl sites for hydroxylation is 3. The highest BCUT2D eigenvalue weighted by Crippen LogP contribution is 2.27. The summed E-state index contributed by atoms with van der Waals surface area (Å²) in [6, 6.07) is 1.96. The van der Waals surface area contributed by atoms with Crippen molar-refractivity contribution in [2.75, 3.05) is 13.1 Å². The number of amides is 1. The van der Waals surface area contributed by atoms with Gasteiger partial charge in [-0.3, -0.25) is 14.6 Å². The molecule has 22 heavy (non-hydrogen) atoms.